The number of benzene rings is 2. The molecule has 2 aromatic carbocycles. The average Bonchev–Trinajstić information content (AvgIpc) is 2.87. The minimum Gasteiger partial charge on any atom is -0.497 e. The first-order valence-electron chi connectivity index (χ1n) is 11.3. The molecule has 1 fully saturated rings. The fraction of sp³-hybridized carbons (Fsp3) is 0.417. The number of nitrogens with zero attached hydrogens (tertiary/aromatic N) is 3. The highest BCUT2D eigenvalue weighted by atomic mass is 32.2. The predicted octanol–water partition coefficient (Wildman–Crippen LogP) is 3.02. The van der Waals surface area contributed by atoms with Gasteiger partial charge in [0.2, 0.25) is 0 Å². The predicted molar refractivity (Wildman–Crippen MR) is 132 cm³/mol. The summed E-state index contributed by atoms with van der Waals surface area (Å²) in [4.78, 5) is 19.4. The van der Waals surface area contributed by atoms with E-state index in [0.717, 1.165) is 6.26 Å². The van der Waals surface area contributed by atoms with Gasteiger partial charge in [0, 0.05) is 43.6 Å². The average molecular weight is 522 g/mol. The van der Waals surface area contributed by atoms with Crippen LogP contribution in [0.3, 0.4) is 0 Å². The van der Waals surface area contributed by atoms with Crippen LogP contribution in [-0.2, 0) is 19.0 Å². The van der Waals surface area contributed by atoms with Crippen molar-refractivity contribution in [1.29, 1.82) is 0 Å². The van der Waals surface area contributed by atoms with Gasteiger partial charge in [-0.25, -0.2) is 9.37 Å². The molecule has 0 unspecified atom stereocenters. The molecule has 0 amide bonds. The number of ether oxygens (including phenoxy) is 3. The Kier molecular flexibility index (Phi) is 7.76. The van der Waals surface area contributed by atoms with Crippen molar-refractivity contribution in [3.05, 3.63) is 52.8 Å². The van der Waals surface area contributed by atoms with Gasteiger partial charge in [0.15, 0.2) is 11.6 Å². The lowest BCUT2D eigenvalue weighted by Gasteiger charge is -2.27. The lowest BCUT2D eigenvalue weighted by atomic mass is 10.1. The van der Waals surface area contributed by atoms with Crippen molar-refractivity contribution in [2.24, 2.45) is 0 Å². The second-order valence-corrected chi connectivity index (χ2v) is 9.99. The van der Waals surface area contributed by atoms with Gasteiger partial charge in [0.05, 0.1) is 50.0 Å². The molecule has 194 valence electrons. The number of halogens is 1. The van der Waals surface area contributed by atoms with Crippen molar-refractivity contribution in [3.8, 4) is 11.5 Å². The maximum Gasteiger partial charge on any atom is 0.264 e. The normalized spacial score (nSPS) is 14.7. The van der Waals surface area contributed by atoms with Gasteiger partial charge in [-0.15, -0.1) is 0 Å². The molecule has 36 heavy (non-hydrogen) atoms. The van der Waals surface area contributed by atoms with Crippen LogP contribution in [-0.4, -0.2) is 64.8 Å². The molecule has 0 spiro atoms. The topological polar surface area (TPSA) is 109 Å². The minimum absolute atomic E-state index is 0.0221. The first-order valence-corrected chi connectivity index (χ1v) is 13.2. The maximum absolute atomic E-state index is 15.4. The van der Waals surface area contributed by atoms with E-state index in [1.54, 1.807) is 29.1 Å². The Morgan fingerprint density at radius 2 is 1.92 bits per heavy atom. The van der Waals surface area contributed by atoms with Crippen LogP contribution in [0.4, 0.5) is 15.8 Å². The van der Waals surface area contributed by atoms with Gasteiger partial charge >= 0.3 is 0 Å². The van der Waals surface area contributed by atoms with Crippen molar-refractivity contribution in [3.63, 3.8) is 0 Å². The van der Waals surface area contributed by atoms with Crippen LogP contribution >= 0.6 is 0 Å². The lowest BCUT2D eigenvalue weighted by Crippen LogP contribution is -2.29. The number of hydrogen-bond acceptors (Lipinski definition) is 9. The highest BCUT2D eigenvalue weighted by molar-refractivity contribution is 7.85. The monoisotopic (exact) mass is 521 g/mol. The van der Waals surface area contributed by atoms with Crippen LogP contribution in [0.1, 0.15) is 18.9 Å². The van der Waals surface area contributed by atoms with Crippen LogP contribution in [0.15, 0.2) is 41.5 Å². The molecule has 12 heteroatoms. The van der Waals surface area contributed by atoms with E-state index in [4.69, 9.17) is 18.4 Å². The van der Waals surface area contributed by atoms with E-state index in [2.05, 4.69) is 4.98 Å². The Hall–Kier alpha value is -3.22. The molecular weight excluding hydrogens is 493 g/mol. The lowest BCUT2D eigenvalue weighted by molar-refractivity contribution is 0.0685. The van der Waals surface area contributed by atoms with E-state index in [1.165, 1.54) is 31.3 Å². The van der Waals surface area contributed by atoms with Gasteiger partial charge in [0.25, 0.3) is 15.7 Å². The van der Waals surface area contributed by atoms with Crippen molar-refractivity contribution >= 4 is 32.4 Å². The van der Waals surface area contributed by atoms with E-state index in [9.17, 15) is 13.2 Å². The molecule has 0 saturated carbocycles. The summed E-state index contributed by atoms with van der Waals surface area (Å²) in [7, 11) is -0.952. The molecule has 10 nitrogen and oxygen atoms in total. The molecule has 4 rings (SSSR count). The molecule has 1 aliphatic heterocycles. The molecule has 1 aliphatic rings. The Balaban J connectivity index is 1.82. The number of aromatic nitrogens is 2. The number of hydrogen-bond donors (Lipinski definition) is 0. The fourth-order valence-electron chi connectivity index (χ4n) is 4.21. The van der Waals surface area contributed by atoms with E-state index in [-0.39, 0.29) is 36.2 Å². The third kappa shape index (κ3) is 5.61. The summed E-state index contributed by atoms with van der Waals surface area (Å²) in [6.07, 6.45) is 3.89. The van der Waals surface area contributed by atoms with E-state index in [1.807, 2.05) is 0 Å². The Morgan fingerprint density at radius 1 is 1.17 bits per heavy atom. The van der Waals surface area contributed by atoms with Gasteiger partial charge in [-0.2, -0.15) is 8.42 Å². The van der Waals surface area contributed by atoms with Gasteiger partial charge < -0.3 is 19.1 Å². The van der Waals surface area contributed by atoms with Gasteiger partial charge in [0.1, 0.15) is 5.75 Å². The molecule has 0 aliphatic carbocycles. The Labute approximate surface area is 208 Å². The van der Waals surface area contributed by atoms with Gasteiger partial charge in [-0.1, -0.05) is 0 Å². The summed E-state index contributed by atoms with van der Waals surface area (Å²) in [5.41, 5.74) is 0.779. The summed E-state index contributed by atoms with van der Waals surface area (Å²) in [6, 6.07) is 7.81. The van der Waals surface area contributed by atoms with Gasteiger partial charge in [-0.3, -0.25) is 13.5 Å². The van der Waals surface area contributed by atoms with Crippen LogP contribution < -0.4 is 19.9 Å². The molecule has 1 aromatic heterocycles. The molecule has 2 heterocycles. The zero-order valence-corrected chi connectivity index (χ0v) is 21.1. The quantitative estimate of drug-likeness (QED) is 0.393. The standard InChI is InChI=1S/C24H28FN3O7S/c1-32-18-13-21(23(25)22(14-18)33-2)27(8-11-35-36(3,30)31)17-4-5-20-19(12-17)24(29)28(15-26-20)16-6-9-34-10-7-16/h4-5,12-16H,6-11H2,1-3H3. The number of methoxy groups -OCH3 is 2. The van der Waals surface area contributed by atoms with E-state index >= 15 is 4.39 Å². The molecule has 1 saturated heterocycles. The minimum atomic E-state index is -3.72. The van der Waals surface area contributed by atoms with Crippen LogP contribution in [0.25, 0.3) is 10.9 Å². The largest absolute Gasteiger partial charge is 0.497 e. The van der Waals surface area contributed by atoms with Crippen molar-refractivity contribution in [2.75, 3.05) is 51.7 Å². The van der Waals surface area contributed by atoms with Gasteiger partial charge in [-0.05, 0) is 31.0 Å². The third-order valence-electron chi connectivity index (χ3n) is 6.01. The fourth-order valence-corrected chi connectivity index (χ4v) is 4.58. The number of anilines is 2. The SMILES string of the molecule is COc1cc(OC)c(F)c(N(CCOS(C)(=O)=O)c2ccc3ncn(C4CCOCC4)c(=O)c3c2)c1. The first-order chi connectivity index (χ1) is 17.2. The molecule has 0 radical (unpaired) electrons. The Bertz CT molecular complexity index is 1400. The van der Waals surface area contributed by atoms with E-state index in [0.29, 0.717) is 48.4 Å². The molecule has 3 aromatic rings. The molecular formula is C24H28FN3O7S. The zero-order chi connectivity index (χ0) is 25.9. The summed E-state index contributed by atoms with van der Waals surface area (Å²) in [6.45, 7) is 0.843. The van der Waals surface area contributed by atoms with Crippen LogP contribution in [0.5, 0.6) is 11.5 Å². The smallest absolute Gasteiger partial charge is 0.264 e. The molecule has 0 bridgehead atoms. The van der Waals surface area contributed by atoms with E-state index < -0.39 is 15.9 Å². The summed E-state index contributed by atoms with van der Waals surface area (Å²) < 4.78 is 60.9. The van der Waals surface area contributed by atoms with Crippen molar-refractivity contribution in [2.45, 2.75) is 18.9 Å². The Morgan fingerprint density at radius 3 is 2.58 bits per heavy atom. The van der Waals surface area contributed by atoms with Crippen LogP contribution in [0, 0.1) is 5.82 Å². The zero-order valence-electron chi connectivity index (χ0n) is 20.3. The summed E-state index contributed by atoms with van der Waals surface area (Å²) >= 11 is 0. The van der Waals surface area contributed by atoms with Crippen LogP contribution in [0.2, 0.25) is 0 Å². The summed E-state index contributed by atoms with van der Waals surface area (Å²) in [5.74, 6) is -0.395. The first kappa shape index (κ1) is 25.9. The van der Waals surface area contributed by atoms with Crippen molar-refractivity contribution in [1.82, 2.24) is 9.55 Å². The number of fused-ring (bicyclic) bond motifs is 1. The highest BCUT2D eigenvalue weighted by Gasteiger charge is 2.22. The molecule has 0 N–H and O–H groups in total. The third-order valence-corrected chi connectivity index (χ3v) is 6.61. The maximum atomic E-state index is 15.4. The number of rotatable bonds is 9. The summed E-state index contributed by atoms with van der Waals surface area (Å²) in [5, 5.41) is 0.353. The second-order valence-electron chi connectivity index (χ2n) is 8.34. The second kappa shape index (κ2) is 10.8. The van der Waals surface area contributed by atoms with Crippen molar-refractivity contribution < 1.29 is 31.2 Å². The molecule has 0 atom stereocenters. The highest BCUT2D eigenvalue weighted by Crippen LogP contribution is 2.37.